The highest BCUT2D eigenvalue weighted by Crippen LogP contribution is 2.41. The topological polar surface area (TPSA) is 46.6 Å². The molecule has 0 spiro atoms. The van der Waals surface area contributed by atoms with Crippen molar-refractivity contribution in [2.75, 3.05) is 7.11 Å². The molecule has 0 unspecified atom stereocenters. The van der Waals surface area contributed by atoms with Crippen molar-refractivity contribution in [2.45, 2.75) is 38.3 Å². The van der Waals surface area contributed by atoms with Crippen LogP contribution in [0.1, 0.15) is 50.6 Å². The Morgan fingerprint density at radius 3 is 2.11 bits per heavy atom. The highest BCUT2D eigenvalue weighted by atomic mass is 16.5. The monoisotopic (exact) mass is 579 g/mol. The SMILES string of the molecule is COC(=O)c1cccc(-c2ccc(CC(=O)N(Cc3ccccc3)[C@@H]3c4ccccc4CC[C@H]3Cc3ccccc3)cc2)c1. The van der Waals surface area contributed by atoms with Gasteiger partial charge in [-0.1, -0.05) is 121 Å². The highest BCUT2D eigenvalue weighted by Gasteiger charge is 2.36. The molecular weight excluding hydrogens is 542 g/mol. The summed E-state index contributed by atoms with van der Waals surface area (Å²) >= 11 is 0. The van der Waals surface area contributed by atoms with Crippen LogP contribution in [-0.4, -0.2) is 23.9 Å². The molecule has 0 radical (unpaired) electrons. The standard InChI is InChI=1S/C40H37NO3/c1-44-40(43)36-17-10-16-34(27-36)32-21-19-30(20-22-32)26-38(42)41(28-31-13-6-3-7-14-31)39-35(25-29-11-4-2-5-12-29)24-23-33-15-8-9-18-37(33)39/h2-22,27,35,39H,23-26,28H2,1H3/t35-,39-/m0/s1. The van der Waals surface area contributed by atoms with E-state index in [1.165, 1.54) is 23.8 Å². The van der Waals surface area contributed by atoms with E-state index in [-0.39, 0.29) is 17.9 Å². The second-order valence-corrected chi connectivity index (χ2v) is 11.6. The Morgan fingerprint density at radius 2 is 1.39 bits per heavy atom. The van der Waals surface area contributed by atoms with E-state index in [0.29, 0.717) is 24.4 Å². The Bertz CT molecular complexity index is 1710. The molecule has 5 aromatic carbocycles. The normalized spacial score (nSPS) is 15.7. The molecule has 6 rings (SSSR count). The fourth-order valence-electron chi connectivity index (χ4n) is 6.51. The van der Waals surface area contributed by atoms with E-state index >= 15 is 0 Å². The number of nitrogens with zero attached hydrogens (tertiary/aromatic N) is 1. The lowest BCUT2D eigenvalue weighted by Gasteiger charge is -2.42. The first-order valence-corrected chi connectivity index (χ1v) is 15.3. The molecule has 0 fully saturated rings. The summed E-state index contributed by atoms with van der Waals surface area (Å²) in [6.07, 6.45) is 3.30. The molecule has 2 atom stereocenters. The molecule has 4 heteroatoms. The minimum absolute atomic E-state index is 0.0202. The molecule has 5 aromatic rings. The minimum atomic E-state index is -0.359. The first-order chi connectivity index (χ1) is 21.6. The lowest BCUT2D eigenvalue weighted by atomic mass is 9.76. The maximum Gasteiger partial charge on any atom is 0.337 e. The van der Waals surface area contributed by atoms with Gasteiger partial charge < -0.3 is 9.64 Å². The number of carbonyl (C=O) groups is 2. The van der Waals surface area contributed by atoms with Gasteiger partial charge in [0.05, 0.1) is 25.1 Å². The summed E-state index contributed by atoms with van der Waals surface area (Å²) in [5.74, 6) is 0.0703. The van der Waals surface area contributed by atoms with Crippen molar-refractivity contribution in [1.82, 2.24) is 4.90 Å². The molecule has 1 aliphatic carbocycles. The van der Waals surface area contributed by atoms with Crippen molar-refractivity contribution in [3.63, 3.8) is 0 Å². The van der Waals surface area contributed by atoms with Crippen LogP contribution < -0.4 is 0 Å². The number of aryl methyl sites for hydroxylation is 1. The van der Waals surface area contributed by atoms with Crippen LogP contribution in [0.25, 0.3) is 11.1 Å². The lowest BCUT2D eigenvalue weighted by molar-refractivity contribution is -0.135. The Hall–Kier alpha value is -4.96. The molecule has 0 saturated carbocycles. The van der Waals surface area contributed by atoms with Crippen LogP contribution >= 0.6 is 0 Å². The van der Waals surface area contributed by atoms with E-state index in [2.05, 4.69) is 71.6 Å². The summed E-state index contributed by atoms with van der Waals surface area (Å²) < 4.78 is 4.89. The number of hydrogen-bond donors (Lipinski definition) is 0. The predicted molar refractivity (Wildman–Crippen MR) is 175 cm³/mol. The van der Waals surface area contributed by atoms with Crippen LogP contribution in [-0.2, 0) is 35.3 Å². The van der Waals surface area contributed by atoms with Gasteiger partial charge in [-0.25, -0.2) is 4.79 Å². The first-order valence-electron chi connectivity index (χ1n) is 15.3. The van der Waals surface area contributed by atoms with E-state index in [1.807, 2.05) is 60.7 Å². The fourth-order valence-corrected chi connectivity index (χ4v) is 6.51. The van der Waals surface area contributed by atoms with Gasteiger partial charge in [0.15, 0.2) is 0 Å². The largest absolute Gasteiger partial charge is 0.465 e. The zero-order valence-electron chi connectivity index (χ0n) is 25.1. The minimum Gasteiger partial charge on any atom is -0.465 e. The second-order valence-electron chi connectivity index (χ2n) is 11.6. The molecule has 0 bridgehead atoms. The van der Waals surface area contributed by atoms with Crippen molar-refractivity contribution < 1.29 is 14.3 Å². The van der Waals surface area contributed by atoms with Crippen LogP contribution in [0, 0.1) is 5.92 Å². The molecule has 1 aliphatic rings. The molecule has 0 N–H and O–H groups in total. The van der Waals surface area contributed by atoms with E-state index in [0.717, 1.165) is 41.5 Å². The van der Waals surface area contributed by atoms with E-state index in [1.54, 1.807) is 6.07 Å². The Labute approximate surface area is 259 Å². The third kappa shape index (κ3) is 6.65. The first kappa shape index (κ1) is 29.1. The molecule has 4 nitrogen and oxygen atoms in total. The average molecular weight is 580 g/mol. The number of ether oxygens (including phenoxy) is 1. The van der Waals surface area contributed by atoms with Gasteiger partial charge in [-0.2, -0.15) is 0 Å². The average Bonchev–Trinajstić information content (AvgIpc) is 3.08. The smallest absolute Gasteiger partial charge is 0.337 e. The van der Waals surface area contributed by atoms with Crippen molar-refractivity contribution in [3.05, 3.63) is 167 Å². The Morgan fingerprint density at radius 1 is 0.705 bits per heavy atom. The summed E-state index contributed by atoms with van der Waals surface area (Å²) in [4.78, 5) is 28.6. The maximum absolute atomic E-state index is 14.4. The molecular formula is C40H37NO3. The molecule has 1 amide bonds. The molecule has 0 saturated heterocycles. The van der Waals surface area contributed by atoms with Crippen LogP contribution in [0.2, 0.25) is 0 Å². The third-order valence-electron chi connectivity index (χ3n) is 8.72. The summed E-state index contributed by atoms with van der Waals surface area (Å²) in [6, 6.07) is 45.1. The van der Waals surface area contributed by atoms with Gasteiger partial charge in [0.2, 0.25) is 5.91 Å². The van der Waals surface area contributed by atoms with Gasteiger partial charge >= 0.3 is 5.97 Å². The Kier molecular flexibility index (Phi) is 8.98. The zero-order valence-corrected chi connectivity index (χ0v) is 25.1. The molecule has 0 aromatic heterocycles. The molecule has 220 valence electrons. The number of fused-ring (bicyclic) bond motifs is 1. The van der Waals surface area contributed by atoms with Crippen molar-refractivity contribution in [3.8, 4) is 11.1 Å². The Balaban J connectivity index is 1.31. The van der Waals surface area contributed by atoms with Gasteiger partial charge in [-0.3, -0.25) is 4.79 Å². The van der Waals surface area contributed by atoms with Gasteiger partial charge in [-0.15, -0.1) is 0 Å². The van der Waals surface area contributed by atoms with Crippen molar-refractivity contribution in [1.29, 1.82) is 0 Å². The zero-order chi connectivity index (χ0) is 30.3. The van der Waals surface area contributed by atoms with Crippen LogP contribution in [0.3, 0.4) is 0 Å². The summed E-state index contributed by atoms with van der Waals surface area (Å²) in [5.41, 5.74) is 8.43. The van der Waals surface area contributed by atoms with E-state index < -0.39 is 0 Å². The highest BCUT2D eigenvalue weighted by molar-refractivity contribution is 5.91. The van der Waals surface area contributed by atoms with Crippen molar-refractivity contribution >= 4 is 11.9 Å². The van der Waals surface area contributed by atoms with Gasteiger partial charge in [0.1, 0.15) is 0 Å². The quantitative estimate of drug-likeness (QED) is 0.165. The van der Waals surface area contributed by atoms with Gasteiger partial charge in [0, 0.05) is 6.54 Å². The van der Waals surface area contributed by atoms with Gasteiger partial charge in [0.25, 0.3) is 0 Å². The summed E-state index contributed by atoms with van der Waals surface area (Å²) in [6.45, 7) is 0.558. The number of amides is 1. The number of hydrogen-bond acceptors (Lipinski definition) is 3. The lowest BCUT2D eigenvalue weighted by Crippen LogP contribution is -2.41. The second kappa shape index (κ2) is 13.6. The fraction of sp³-hybridized carbons (Fsp3) is 0.200. The molecule has 0 heterocycles. The number of carbonyl (C=O) groups excluding carboxylic acids is 2. The summed E-state index contributed by atoms with van der Waals surface area (Å²) in [5, 5.41) is 0. The predicted octanol–water partition coefficient (Wildman–Crippen LogP) is 8.26. The number of rotatable bonds is 9. The maximum atomic E-state index is 14.4. The van der Waals surface area contributed by atoms with Gasteiger partial charge in [-0.05, 0) is 76.3 Å². The van der Waals surface area contributed by atoms with E-state index in [9.17, 15) is 9.59 Å². The third-order valence-corrected chi connectivity index (χ3v) is 8.72. The van der Waals surface area contributed by atoms with Crippen LogP contribution in [0.15, 0.2) is 133 Å². The number of methoxy groups -OCH3 is 1. The summed E-state index contributed by atoms with van der Waals surface area (Å²) in [7, 11) is 1.39. The van der Waals surface area contributed by atoms with Crippen LogP contribution in [0.5, 0.6) is 0 Å². The van der Waals surface area contributed by atoms with Crippen molar-refractivity contribution in [2.24, 2.45) is 5.92 Å². The number of benzene rings is 5. The van der Waals surface area contributed by atoms with Crippen LogP contribution in [0.4, 0.5) is 0 Å². The molecule has 0 aliphatic heterocycles. The molecule has 44 heavy (non-hydrogen) atoms. The van der Waals surface area contributed by atoms with E-state index in [4.69, 9.17) is 4.74 Å². The number of esters is 1.